The molecule has 0 bridgehead atoms. The van der Waals surface area contributed by atoms with Gasteiger partial charge in [0.1, 0.15) is 11.5 Å². The van der Waals surface area contributed by atoms with E-state index in [2.05, 4.69) is 13.8 Å². The van der Waals surface area contributed by atoms with E-state index < -0.39 is 0 Å². The summed E-state index contributed by atoms with van der Waals surface area (Å²) in [6, 6.07) is 14.4. The van der Waals surface area contributed by atoms with Crippen molar-refractivity contribution in [2.24, 2.45) is 0 Å². The van der Waals surface area contributed by atoms with Crippen molar-refractivity contribution in [1.29, 1.82) is 0 Å². The fourth-order valence-corrected chi connectivity index (χ4v) is 6.80. The Morgan fingerprint density at radius 2 is 0.588 bits per heavy atom. The molecule has 0 aromatic heterocycles. The van der Waals surface area contributed by atoms with Gasteiger partial charge in [-0.2, -0.15) is 0 Å². The second-order valence-corrected chi connectivity index (χ2v) is 15.0. The minimum absolute atomic E-state index is 0.140. The van der Waals surface area contributed by atoms with Gasteiger partial charge >= 0.3 is 0 Å². The second kappa shape index (κ2) is 32.1. The van der Waals surface area contributed by atoms with Crippen molar-refractivity contribution in [2.45, 2.75) is 200 Å². The third-order valence-electron chi connectivity index (χ3n) is 10.2. The molecule has 4 nitrogen and oxygen atoms in total. The van der Waals surface area contributed by atoms with Gasteiger partial charge in [0.2, 0.25) is 0 Å². The number of carbonyl (C=O) groups excluding carboxylic acids is 2. The minimum Gasteiger partial charge on any atom is -0.494 e. The van der Waals surface area contributed by atoms with Crippen LogP contribution < -0.4 is 9.47 Å². The van der Waals surface area contributed by atoms with Crippen LogP contribution in [0.4, 0.5) is 0 Å². The number of carbonyl (C=O) groups is 2. The Morgan fingerprint density at radius 3 is 0.843 bits per heavy atom. The molecule has 0 saturated carbocycles. The Hall–Kier alpha value is -2.62. The smallest absolute Gasteiger partial charge is 0.170 e. The van der Waals surface area contributed by atoms with E-state index in [1.54, 1.807) is 24.3 Å². The molecule has 0 spiro atoms. The van der Waals surface area contributed by atoms with Crippen molar-refractivity contribution in [1.82, 2.24) is 0 Å². The quantitative estimate of drug-likeness (QED) is 0.0402. The highest BCUT2D eigenvalue weighted by atomic mass is 16.5. The Balaban J connectivity index is 1.46. The summed E-state index contributed by atoms with van der Waals surface area (Å²) < 4.78 is 11.8. The first-order chi connectivity index (χ1) is 25.1. The highest BCUT2D eigenvalue weighted by molar-refractivity contribution is 6.13. The lowest BCUT2D eigenvalue weighted by Gasteiger charge is -2.08. The van der Waals surface area contributed by atoms with E-state index in [0.717, 1.165) is 24.3 Å². The molecule has 0 saturated heterocycles. The summed E-state index contributed by atoms with van der Waals surface area (Å²) in [7, 11) is 0. The maximum absolute atomic E-state index is 12.8. The van der Waals surface area contributed by atoms with Crippen LogP contribution in [0.15, 0.2) is 48.5 Å². The SMILES string of the molecule is CCCCCCCCCCCCCCCCOc1ccc(C(=O)CC(=O)c2ccc(OCCCCCCCCCCCCCCCC)cc2)cc1. The highest BCUT2D eigenvalue weighted by Gasteiger charge is 2.14. The maximum Gasteiger partial charge on any atom is 0.170 e. The highest BCUT2D eigenvalue weighted by Crippen LogP contribution is 2.19. The molecule has 0 N–H and O–H groups in total. The van der Waals surface area contributed by atoms with Crippen molar-refractivity contribution in [3.63, 3.8) is 0 Å². The van der Waals surface area contributed by atoms with Crippen molar-refractivity contribution in [3.8, 4) is 11.5 Å². The molecular formula is C47H76O4. The lowest BCUT2D eigenvalue weighted by Crippen LogP contribution is -2.09. The van der Waals surface area contributed by atoms with Crippen LogP contribution in [0.3, 0.4) is 0 Å². The number of ketones is 2. The molecule has 2 aromatic rings. The molecule has 0 amide bonds. The molecule has 0 aliphatic carbocycles. The Labute approximate surface area is 314 Å². The van der Waals surface area contributed by atoms with E-state index in [4.69, 9.17) is 9.47 Å². The number of Topliss-reactive ketones (excluding diaryl/α,β-unsaturated/α-hetero) is 2. The predicted molar refractivity (Wildman–Crippen MR) is 218 cm³/mol. The first kappa shape index (κ1) is 44.5. The summed E-state index contributed by atoms with van der Waals surface area (Å²) in [4.78, 5) is 25.6. The zero-order valence-electron chi connectivity index (χ0n) is 33.2. The molecule has 288 valence electrons. The summed E-state index contributed by atoms with van der Waals surface area (Å²) in [6.07, 6.45) is 37.4. The van der Waals surface area contributed by atoms with Crippen molar-refractivity contribution in [2.75, 3.05) is 13.2 Å². The van der Waals surface area contributed by atoms with Gasteiger partial charge in [-0.1, -0.05) is 181 Å². The summed E-state index contributed by atoms with van der Waals surface area (Å²) in [5.41, 5.74) is 1.08. The predicted octanol–water partition coefficient (Wildman–Crippen LogP) is 14.9. The zero-order valence-corrected chi connectivity index (χ0v) is 33.2. The van der Waals surface area contributed by atoms with Crippen molar-refractivity contribution >= 4 is 11.6 Å². The summed E-state index contributed by atoms with van der Waals surface area (Å²) >= 11 is 0. The average Bonchev–Trinajstić information content (AvgIpc) is 3.15. The topological polar surface area (TPSA) is 52.6 Å². The average molecular weight is 705 g/mol. The van der Waals surface area contributed by atoms with Gasteiger partial charge in [-0.25, -0.2) is 0 Å². The van der Waals surface area contributed by atoms with Crippen molar-refractivity contribution < 1.29 is 19.1 Å². The molecule has 0 unspecified atom stereocenters. The number of hydrogen-bond acceptors (Lipinski definition) is 4. The minimum atomic E-state index is -0.170. The van der Waals surface area contributed by atoms with Crippen LogP contribution in [0.2, 0.25) is 0 Å². The molecule has 51 heavy (non-hydrogen) atoms. The zero-order chi connectivity index (χ0) is 36.5. The molecule has 0 aliphatic rings. The molecule has 0 atom stereocenters. The van der Waals surface area contributed by atoms with Crippen LogP contribution in [0, 0.1) is 0 Å². The molecule has 4 heteroatoms. The lowest BCUT2D eigenvalue weighted by molar-refractivity contribution is 0.0894. The second-order valence-electron chi connectivity index (χ2n) is 15.0. The van der Waals surface area contributed by atoms with Crippen LogP contribution in [0.5, 0.6) is 11.5 Å². The third-order valence-corrected chi connectivity index (χ3v) is 10.2. The van der Waals surface area contributed by atoms with Gasteiger partial charge in [0, 0.05) is 11.1 Å². The molecule has 0 fully saturated rings. The van der Waals surface area contributed by atoms with E-state index in [-0.39, 0.29) is 18.0 Å². The fourth-order valence-electron chi connectivity index (χ4n) is 6.80. The van der Waals surface area contributed by atoms with Crippen LogP contribution in [0.1, 0.15) is 221 Å². The number of ether oxygens (including phenoxy) is 2. The summed E-state index contributed by atoms with van der Waals surface area (Å²) in [6.45, 7) is 5.95. The number of benzene rings is 2. The van der Waals surface area contributed by atoms with Crippen LogP contribution >= 0.6 is 0 Å². The van der Waals surface area contributed by atoms with E-state index in [1.165, 1.54) is 167 Å². The van der Waals surface area contributed by atoms with Crippen molar-refractivity contribution in [3.05, 3.63) is 59.7 Å². The van der Waals surface area contributed by atoms with E-state index in [1.807, 2.05) is 24.3 Å². The van der Waals surface area contributed by atoms with Gasteiger partial charge in [0.25, 0.3) is 0 Å². The van der Waals surface area contributed by atoms with Crippen LogP contribution in [-0.2, 0) is 0 Å². The maximum atomic E-state index is 12.8. The van der Waals surface area contributed by atoms with E-state index in [9.17, 15) is 9.59 Å². The Morgan fingerprint density at radius 1 is 0.353 bits per heavy atom. The van der Waals surface area contributed by atoms with Crippen LogP contribution in [-0.4, -0.2) is 24.8 Å². The fraction of sp³-hybridized carbons (Fsp3) is 0.702. The third kappa shape index (κ3) is 24.3. The number of unbranched alkanes of at least 4 members (excludes halogenated alkanes) is 26. The number of rotatable bonds is 36. The monoisotopic (exact) mass is 705 g/mol. The Bertz CT molecular complexity index is 1000. The normalized spacial score (nSPS) is 11.2. The molecule has 2 rings (SSSR count). The van der Waals surface area contributed by atoms with E-state index in [0.29, 0.717) is 24.3 Å². The first-order valence-corrected chi connectivity index (χ1v) is 21.7. The standard InChI is InChI=1S/C47H76O4/c1-3-5-7-9-11-13-15-17-19-21-23-25-27-29-39-50-44-35-31-42(32-36-44)46(48)41-47(49)43-33-37-45(38-34-43)51-40-30-28-26-24-22-20-18-16-14-12-10-8-6-4-2/h31-38H,3-30,39-41H2,1-2H3. The molecule has 2 aromatic carbocycles. The number of hydrogen-bond donors (Lipinski definition) is 0. The van der Waals surface area contributed by atoms with Gasteiger partial charge < -0.3 is 9.47 Å². The summed E-state index contributed by atoms with van der Waals surface area (Å²) in [5.74, 6) is 1.21. The lowest BCUT2D eigenvalue weighted by atomic mass is 10.0. The van der Waals surface area contributed by atoms with Crippen LogP contribution in [0.25, 0.3) is 0 Å². The van der Waals surface area contributed by atoms with Gasteiger partial charge in [-0.15, -0.1) is 0 Å². The van der Waals surface area contributed by atoms with E-state index >= 15 is 0 Å². The van der Waals surface area contributed by atoms with Gasteiger partial charge in [0.05, 0.1) is 19.6 Å². The Kier molecular flexibility index (Phi) is 28.0. The van der Waals surface area contributed by atoms with Gasteiger partial charge in [0.15, 0.2) is 11.6 Å². The van der Waals surface area contributed by atoms with Gasteiger partial charge in [-0.05, 0) is 61.4 Å². The molecule has 0 aliphatic heterocycles. The largest absolute Gasteiger partial charge is 0.494 e. The molecular weight excluding hydrogens is 629 g/mol. The first-order valence-electron chi connectivity index (χ1n) is 21.7. The molecule has 0 heterocycles. The van der Waals surface area contributed by atoms with Gasteiger partial charge in [-0.3, -0.25) is 9.59 Å². The molecule has 0 radical (unpaired) electrons. The summed E-state index contributed by atoms with van der Waals surface area (Å²) in [5, 5.41) is 0.